The van der Waals surface area contributed by atoms with Crippen LogP contribution in [0.3, 0.4) is 0 Å². The van der Waals surface area contributed by atoms with Crippen LogP contribution in [0.15, 0.2) is 18.2 Å². The van der Waals surface area contributed by atoms with Crippen molar-refractivity contribution in [2.24, 2.45) is 5.73 Å². The number of rotatable bonds is 6. The molecule has 0 saturated heterocycles. The zero-order valence-corrected chi connectivity index (χ0v) is 11.2. The Bertz CT molecular complexity index is 434. The monoisotopic (exact) mass is 252 g/mol. The average Bonchev–Trinajstić information content (AvgIpc) is 2.36. The first-order valence-electron chi connectivity index (χ1n) is 5.66. The molecular formula is C13H20N2O3. The summed E-state index contributed by atoms with van der Waals surface area (Å²) in [5.41, 5.74) is 5.60. The molecule has 1 unspecified atom stereocenters. The topological polar surface area (TPSA) is 73.6 Å². The number of nitrogens with one attached hydrogen (secondary N) is 1. The minimum atomic E-state index is -0.566. The first kappa shape index (κ1) is 14.3. The van der Waals surface area contributed by atoms with E-state index in [2.05, 4.69) is 5.32 Å². The lowest BCUT2D eigenvalue weighted by Crippen LogP contribution is -2.40. The van der Waals surface area contributed by atoms with Gasteiger partial charge in [0.1, 0.15) is 11.5 Å². The molecule has 0 aliphatic carbocycles. The van der Waals surface area contributed by atoms with Gasteiger partial charge in [-0.2, -0.15) is 0 Å². The molecule has 0 bridgehead atoms. The van der Waals surface area contributed by atoms with Crippen LogP contribution in [0, 0.1) is 0 Å². The first-order chi connectivity index (χ1) is 8.46. The van der Waals surface area contributed by atoms with Crippen molar-refractivity contribution in [1.29, 1.82) is 0 Å². The molecule has 5 heteroatoms. The number of nitrogens with two attached hydrogens (primary N) is 1. The van der Waals surface area contributed by atoms with Gasteiger partial charge in [-0.05, 0) is 26.1 Å². The first-order valence-corrected chi connectivity index (χ1v) is 5.66. The minimum absolute atomic E-state index is 0.187. The number of benzene rings is 1. The van der Waals surface area contributed by atoms with E-state index in [4.69, 9.17) is 15.2 Å². The van der Waals surface area contributed by atoms with Crippen molar-refractivity contribution in [2.75, 3.05) is 21.3 Å². The summed E-state index contributed by atoms with van der Waals surface area (Å²) < 4.78 is 10.5. The Morgan fingerprint density at radius 2 is 2.06 bits per heavy atom. The molecule has 0 aromatic heterocycles. The normalized spacial score (nSPS) is 13.8. The lowest BCUT2D eigenvalue weighted by molar-refractivity contribution is -0.119. The Hall–Kier alpha value is -1.75. The van der Waals surface area contributed by atoms with Crippen LogP contribution in [0.25, 0.3) is 0 Å². The largest absolute Gasteiger partial charge is 0.497 e. The highest BCUT2D eigenvalue weighted by Crippen LogP contribution is 2.34. The summed E-state index contributed by atoms with van der Waals surface area (Å²) in [6.07, 6.45) is 0.187. The molecule has 0 saturated carbocycles. The maximum atomic E-state index is 11.2. The van der Waals surface area contributed by atoms with Crippen LogP contribution >= 0.6 is 0 Å². The van der Waals surface area contributed by atoms with E-state index in [0.29, 0.717) is 11.5 Å². The molecule has 0 spiro atoms. The fourth-order valence-electron chi connectivity index (χ4n) is 1.92. The smallest absolute Gasteiger partial charge is 0.219 e. The number of hydrogen-bond acceptors (Lipinski definition) is 4. The number of ether oxygens (including phenoxy) is 2. The Labute approximate surface area is 107 Å². The summed E-state index contributed by atoms with van der Waals surface area (Å²) >= 11 is 0. The van der Waals surface area contributed by atoms with E-state index in [1.54, 1.807) is 27.3 Å². The van der Waals surface area contributed by atoms with Crippen molar-refractivity contribution in [3.8, 4) is 11.5 Å². The number of primary amides is 1. The molecule has 0 radical (unpaired) electrons. The van der Waals surface area contributed by atoms with Crippen molar-refractivity contribution in [3.63, 3.8) is 0 Å². The summed E-state index contributed by atoms with van der Waals surface area (Å²) in [5.74, 6) is 0.991. The molecule has 18 heavy (non-hydrogen) atoms. The van der Waals surface area contributed by atoms with Crippen molar-refractivity contribution < 1.29 is 14.3 Å². The molecule has 1 aromatic rings. The van der Waals surface area contributed by atoms with Gasteiger partial charge in [-0.3, -0.25) is 4.79 Å². The Morgan fingerprint density at radius 3 is 2.50 bits per heavy atom. The molecule has 100 valence electrons. The maximum Gasteiger partial charge on any atom is 0.219 e. The van der Waals surface area contributed by atoms with Crippen molar-refractivity contribution in [3.05, 3.63) is 23.8 Å². The molecule has 1 amide bonds. The van der Waals surface area contributed by atoms with Crippen LogP contribution in [-0.2, 0) is 10.3 Å². The number of amides is 1. The zero-order chi connectivity index (χ0) is 13.8. The predicted molar refractivity (Wildman–Crippen MR) is 69.8 cm³/mol. The fraction of sp³-hybridized carbons (Fsp3) is 0.462. The zero-order valence-electron chi connectivity index (χ0n) is 11.2. The van der Waals surface area contributed by atoms with E-state index in [9.17, 15) is 4.79 Å². The lowest BCUT2D eigenvalue weighted by Gasteiger charge is -2.30. The Balaban J connectivity index is 3.24. The van der Waals surface area contributed by atoms with Gasteiger partial charge in [0.2, 0.25) is 5.91 Å². The lowest BCUT2D eigenvalue weighted by atomic mass is 9.87. The molecular weight excluding hydrogens is 232 g/mol. The maximum absolute atomic E-state index is 11.2. The third kappa shape index (κ3) is 2.92. The SMILES string of the molecule is CNC(C)(CC(N)=O)c1ccc(OC)cc1OC. The molecule has 0 heterocycles. The molecule has 5 nitrogen and oxygen atoms in total. The molecule has 1 atom stereocenters. The van der Waals surface area contributed by atoms with Gasteiger partial charge < -0.3 is 20.5 Å². The summed E-state index contributed by atoms with van der Waals surface area (Å²) in [7, 11) is 4.96. The van der Waals surface area contributed by atoms with Gasteiger partial charge in [-0.15, -0.1) is 0 Å². The van der Waals surface area contributed by atoms with Gasteiger partial charge in [0.15, 0.2) is 0 Å². The van der Waals surface area contributed by atoms with Gasteiger partial charge in [0, 0.05) is 18.1 Å². The summed E-state index contributed by atoms with van der Waals surface area (Å²) in [5, 5.41) is 3.12. The van der Waals surface area contributed by atoms with E-state index in [1.807, 2.05) is 19.1 Å². The highest BCUT2D eigenvalue weighted by atomic mass is 16.5. The fourth-order valence-corrected chi connectivity index (χ4v) is 1.92. The van der Waals surface area contributed by atoms with Crippen LogP contribution in [-0.4, -0.2) is 27.2 Å². The van der Waals surface area contributed by atoms with Crippen LogP contribution < -0.4 is 20.5 Å². The van der Waals surface area contributed by atoms with Gasteiger partial charge in [-0.25, -0.2) is 0 Å². The summed E-state index contributed by atoms with van der Waals surface area (Å²) in [6, 6.07) is 5.48. The van der Waals surface area contributed by atoms with Crippen LogP contribution in [0.5, 0.6) is 11.5 Å². The van der Waals surface area contributed by atoms with Gasteiger partial charge in [0.05, 0.1) is 19.8 Å². The van der Waals surface area contributed by atoms with Crippen LogP contribution in [0.2, 0.25) is 0 Å². The van der Waals surface area contributed by atoms with Crippen LogP contribution in [0.4, 0.5) is 0 Å². The number of hydrogen-bond donors (Lipinski definition) is 2. The second-order valence-corrected chi connectivity index (χ2v) is 4.29. The number of methoxy groups -OCH3 is 2. The van der Waals surface area contributed by atoms with E-state index >= 15 is 0 Å². The molecule has 1 aromatic carbocycles. The quantitative estimate of drug-likeness (QED) is 0.792. The minimum Gasteiger partial charge on any atom is -0.497 e. The number of carbonyl (C=O) groups excluding carboxylic acids is 1. The highest BCUT2D eigenvalue weighted by Gasteiger charge is 2.30. The highest BCUT2D eigenvalue weighted by molar-refractivity contribution is 5.75. The van der Waals surface area contributed by atoms with Crippen molar-refractivity contribution in [2.45, 2.75) is 18.9 Å². The molecule has 0 fully saturated rings. The van der Waals surface area contributed by atoms with Gasteiger partial charge in [0.25, 0.3) is 0 Å². The summed E-state index contributed by atoms with van der Waals surface area (Å²) in [6.45, 7) is 1.90. The summed E-state index contributed by atoms with van der Waals surface area (Å²) in [4.78, 5) is 11.2. The third-order valence-corrected chi connectivity index (χ3v) is 3.08. The predicted octanol–water partition coefficient (Wildman–Crippen LogP) is 1.01. The van der Waals surface area contributed by atoms with E-state index in [0.717, 1.165) is 5.56 Å². The van der Waals surface area contributed by atoms with Crippen molar-refractivity contribution in [1.82, 2.24) is 5.32 Å². The molecule has 0 aliphatic heterocycles. The van der Waals surface area contributed by atoms with Crippen LogP contribution in [0.1, 0.15) is 18.9 Å². The molecule has 1 rings (SSSR count). The average molecular weight is 252 g/mol. The second kappa shape index (κ2) is 5.73. The van der Waals surface area contributed by atoms with E-state index in [-0.39, 0.29) is 12.3 Å². The van der Waals surface area contributed by atoms with Crippen molar-refractivity contribution >= 4 is 5.91 Å². The van der Waals surface area contributed by atoms with Gasteiger partial charge in [-0.1, -0.05) is 0 Å². The number of carbonyl (C=O) groups is 1. The molecule has 3 N–H and O–H groups in total. The Morgan fingerprint density at radius 1 is 1.39 bits per heavy atom. The van der Waals surface area contributed by atoms with E-state index < -0.39 is 5.54 Å². The van der Waals surface area contributed by atoms with Gasteiger partial charge >= 0.3 is 0 Å². The second-order valence-electron chi connectivity index (χ2n) is 4.29. The molecule has 0 aliphatic rings. The Kier molecular flexibility index (Phi) is 4.55. The third-order valence-electron chi connectivity index (χ3n) is 3.08. The van der Waals surface area contributed by atoms with E-state index in [1.165, 1.54) is 0 Å². The standard InChI is InChI=1S/C13H20N2O3/c1-13(15-2,8-12(14)16)10-6-5-9(17-3)7-11(10)18-4/h5-7,15H,8H2,1-4H3,(H2,14,16).